The first-order chi connectivity index (χ1) is 13.6. The third-order valence-electron chi connectivity index (χ3n) is 4.20. The molecule has 7 heteroatoms. The number of carbonyl (C=O) groups excluding carboxylic acids is 1. The van der Waals surface area contributed by atoms with Gasteiger partial charge in [-0.3, -0.25) is 20.1 Å². The maximum absolute atomic E-state index is 12.8. The van der Waals surface area contributed by atoms with E-state index in [0.29, 0.717) is 18.7 Å². The molecule has 0 spiro atoms. The van der Waals surface area contributed by atoms with Gasteiger partial charge >= 0.3 is 5.97 Å². The highest BCUT2D eigenvalue weighted by Crippen LogP contribution is 2.16. The van der Waals surface area contributed by atoms with E-state index >= 15 is 0 Å². The summed E-state index contributed by atoms with van der Waals surface area (Å²) < 4.78 is 0. The van der Waals surface area contributed by atoms with Crippen molar-refractivity contribution >= 4 is 11.9 Å². The van der Waals surface area contributed by atoms with Gasteiger partial charge in [0.25, 0.3) is 0 Å². The van der Waals surface area contributed by atoms with Crippen LogP contribution in [0.4, 0.5) is 0 Å². The van der Waals surface area contributed by atoms with E-state index in [1.807, 2.05) is 24.3 Å². The maximum atomic E-state index is 12.8. The number of carboxylic acid groups (broad SMARTS) is 1. The molecule has 2 aromatic heterocycles. The van der Waals surface area contributed by atoms with Gasteiger partial charge in [-0.05, 0) is 47.0 Å². The van der Waals surface area contributed by atoms with Gasteiger partial charge in [0, 0.05) is 37.9 Å². The molecule has 0 saturated carbocycles. The zero-order valence-electron chi connectivity index (χ0n) is 15.1. The first-order valence-electron chi connectivity index (χ1n) is 8.75. The van der Waals surface area contributed by atoms with Crippen molar-refractivity contribution in [3.63, 3.8) is 0 Å². The van der Waals surface area contributed by atoms with E-state index in [0.717, 1.165) is 11.1 Å². The number of carbonyl (C=O) groups is 2. The number of nitrogens with one attached hydrogen (secondary N) is 2. The van der Waals surface area contributed by atoms with Crippen molar-refractivity contribution in [1.82, 2.24) is 20.6 Å². The molecule has 3 rings (SSSR count). The van der Waals surface area contributed by atoms with Crippen LogP contribution in [0.2, 0.25) is 0 Å². The number of carboxylic acids is 1. The van der Waals surface area contributed by atoms with Crippen LogP contribution in [0.15, 0.2) is 73.3 Å². The summed E-state index contributed by atoms with van der Waals surface area (Å²) in [6.45, 7) is 0.821. The van der Waals surface area contributed by atoms with Crippen molar-refractivity contribution < 1.29 is 14.7 Å². The summed E-state index contributed by atoms with van der Waals surface area (Å²) in [5.41, 5.74) is 2.74. The van der Waals surface area contributed by atoms with Crippen LogP contribution >= 0.6 is 0 Å². The molecular formula is C21H20N4O3. The number of aromatic carboxylic acids is 1. The fourth-order valence-electron chi connectivity index (χ4n) is 2.69. The molecule has 0 aliphatic rings. The smallest absolute Gasteiger partial charge is 0.335 e. The summed E-state index contributed by atoms with van der Waals surface area (Å²) >= 11 is 0. The van der Waals surface area contributed by atoms with Crippen LogP contribution in [0.3, 0.4) is 0 Å². The SMILES string of the molecule is O=C(O)c1ccc(C(NCc2ccncc2)C(=O)NCc2cccnc2)cc1. The summed E-state index contributed by atoms with van der Waals surface area (Å²) in [5, 5.41) is 15.2. The Hall–Kier alpha value is -3.58. The molecule has 0 aliphatic carbocycles. The number of rotatable bonds is 8. The van der Waals surface area contributed by atoms with Gasteiger partial charge in [-0.25, -0.2) is 4.79 Å². The molecule has 7 nitrogen and oxygen atoms in total. The first-order valence-corrected chi connectivity index (χ1v) is 8.75. The Labute approximate surface area is 162 Å². The van der Waals surface area contributed by atoms with Crippen LogP contribution < -0.4 is 10.6 Å². The Morgan fingerprint density at radius 3 is 2.29 bits per heavy atom. The quantitative estimate of drug-likeness (QED) is 0.557. The number of aromatic nitrogens is 2. The second-order valence-corrected chi connectivity index (χ2v) is 6.18. The Bertz CT molecular complexity index is 915. The summed E-state index contributed by atoms with van der Waals surface area (Å²) in [4.78, 5) is 31.9. The Balaban J connectivity index is 1.74. The van der Waals surface area contributed by atoms with E-state index < -0.39 is 12.0 Å². The average Bonchev–Trinajstić information content (AvgIpc) is 2.74. The second kappa shape index (κ2) is 9.38. The molecule has 2 heterocycles. The number of nitrogens with zero attached hydrogens (tertiary/aromatic N) is 2. The van der Waals surface area contributed by atoms with E-state index in [1.54, 1.807) is 36.9 Å². The first kappa shape index (κ1) is 19.2. The Kier molecular flexibility index (Phi) is 6.43. The largest absolute Gasteiger partial charge is 0.478 e. The number of benzene rings is 1. The van der Waals surface area contributed by atoms with Crippen molar-refractivity contribution in [2.45, 2.75) is 19.1 Å². The third-order valence-corrected chi connectivity index (χ3v) is 4.20. The molecule has 0 fully saturated rings. The fraction of sp³-hybridized carbons (Fsp3) is 0.143. The summed E-state index contributed by atoms with van der Waals surface area (Å²) in [5.74, 6) is -1.21. The van der Waals surface area contributed by atoms with Crippen LogP contribution in [0.5, 0.6) is 0 Å². The molecular weight excluding hydrogens is 356 g/mol. The molecule has 1 atom stereocenters. The minimum atomic E-state index is -1.01. The highest BCUT2D eigenvalue weighted by Gasteiger charge is 2.20. The van der Waals surface area contributed by atoms with Crippen LogP contribution in [0.25, 0.3) is 0 Å². The van der Waals surface area contributed by atoms with Crippen LogP contribution in [0, 0.1) is 0 Å². The highest BCUT2D eigenvalue weighted by molar-refractivity contribution is 5.88. The van der Waals surface area contributed by atoms with E-state index in [-0.39, 0.29) is 11.5 Å². The van der Waals surface area contributed by atoms with Gasteiger partial charge in [-0.15, -0.1) is 0 Å². The van der Waals surface area contributed by atoms with Gasteiger partial charge in [0.2, 0.25) is 5.91 Å². The lowest BCUT2D eigenvalue weighted by molar-refractivity contribution is -0.123. The van der Waals surface area contributed by atoms with E-state index in [9.17, 15) is 9.59 Å². The lowest BCUT2D eigenvalue weighted by Crippen LogP contribution is -2.37. The molecule has 0 radical (unpaired) electrons. The van der Waals surface area contributed by atoms with Crippen molar-refractivity contribution in [3.05, 3.63) is 95.6 Å². The van der Waals surface area contributed by atoms with Crippen LogP contribution in [-0.2, 0) is 17.9 Å². The second-order valence-electron chi connectivity index (χ2n) is 6.18. The molecule has 3 N–H and O–H groups in total. The standard InChI is InChI=1S/C21H20N4O3/c26-20(25-14-16-2-1-9-23-12-16)19(24-13-15-7-10-22-11-8-15)17-3-5-18(6-4-17)21(27)28/h1-12,19,24H,13-14H2,(H,25,26)(H,27,28). The third kappa shape index (κ3) is 5.21. The van der Waals surface area contributed by atoms with Gasteiger partial charge < -0.3 is 10.4 Å². The predicted molar refractivity (Wildman–Crippen MR) is 103 cm³/mol. The molecule has 1 unspecified atom stereocenters. The summed E-state index contributed by atoms with van der Waals surface area (Å²) in [6, 6.07) is 13.1. The van der Waals surface area contributed by atoms with Gasteiger partial charge in [0.05, 0.1) is 5.56 Å². The molecule has 0 bridgehead atoms. The van der Waals surface area contributed by atoms with Crippen molar-refractivity contribution in [1.29, 1.82) is 0 Å². The van der Waals surface area contributed by atoms with Crippen LogP contribution in [-0.4, -0.2) is 27.0 Å². The minimum absolute atomic E-state index is 0.174. The lowest BCUT2D eigenvalue weighted by Gasteiger charge is -2.19. The topological polar surface area (TPSA) is 104 Å². The molecule has 3 aromatic rings. The molecule has 28 heavy (non-hydrogen) atoms. The molecule has 0 aliphatic heterocycles. The number of hydrogen-bond acceptors (Lipinski definition) is 5. The van der Waals surface area contributed by atoms with Crippen LogP contribution in [0.1, 0.15) is 33.1 Å². The zero-order valence-corrected chi connectivity index (χ0v) is 15.1. The van der Waals surface area contributed by atoms with Gasteiger partial charge in [0.15, 0.2) is 0 Å². The number of hydrogen-bond donors (Lipinski definition) is 3. The monoisotopic (exact) mass is 376 g/mol. The highest BCUT2D eigenvalue weighted by atomic mass is 16.4. The van der Waals surface area contributed by atoms with Gasteiger partial charge in [-0.2, -0.15) is 0 Å². The molecule has 142 valence electrons. The van der Waals surface area contributed by atoms with Gasteiger partial charge in [0.1, 0.15) is 6.04 Å². The molecule has 0 saturated heterocycles. The molecule has 1 aromatic carbocycles. The predicted octanol–water partition coefficient (Wildman–Crippen LogP) is 2.32. The van der Waals surface area contributed by atoms with Gasteiger partial charge in [-0.1, -0.05) is 18.2 Å². The van der Waals surface area contributed by atoms with E-state index in [1.165, 1.54) is 12.1 Å². The normalized spacial score (nSPS) is 11.6. The van der Waals surface area contributed by atoms with Crippen molar-refractivity contribution in [2.75, 3.05) is 0 Å². The summed E-state index contributed by atoms with van der Waals surface area (Å²) in [6.07, 6.45) is 6.75. The van der Waals surface area contributed by atoms with Crippen molar-refractivity contribution in [3.8, 4) is 0 Å². The molecule has 1 amide bonds. The average molecular weight is 376 g/mol. The van der Waals surface area contributed by atoms with E-state index in [4.69, 9.17) is 5.11 Å². The lowest BCUT2D eigenvalue weighted by atomic mass is 10.0. The number of amides is 1. The van der Waals surface area contributed by atoms with E-state index in [2.05, 4.69) is 20.6 Å². The maximum Gasteiger partial charge on any atom is 0.335 e. The summed E-state index contributed by atoms with van der Waals surface area (Å²) in [7, 11) is 0. The Morgan fingerprint density at radius 1 is 0.893 bits per heavy atom. The number of pyridine rings is 2. The Morgan fingerprint density at radius 2 is 1.64 bits per heavy atom. The zero-order chi connectivity index (χ0) is 19.8. The fourth-order valence-corrected chi connectivity index (χ4v) is 2.69. The minimum Gasteiger partial charge on any atom is -0.478 e. The van der Waals surface area contributed by atoms with Crippen molar-refractivity contribution in [2.24, 2.45) is 0 Å².